The zero-order chi connectivity index (χ0) is 18.8. The lowest BCUT2D eigenvalue weighted by Crippen LogP contribution is -2.43. The largest absolute Gasteiger partial charge is 0.452 e. The van der Waals surface area contributed by atoms with Gasteiger partial charge in [0.1, 0.15) is 0 Å². The molecule has 0 radical (unpaired) electrons. The molecule has 1 aliphatic rings. The van der Waals surface area contributed by atoms with E-state index in [-0.39, 0.29) is 29.8 Å². The smallest absolute Gasteiger partial charge is 0.308 e. The first-order chi connectivity index (χ1) is 12.4. The summed E-state index contributed by atoms with van der Waals surface area (Å²) in [5.74, 6) is -0.705. The van der Waals surface area contributed by atoms with Gasteiger partial charge in [-0.2, -0.15) is 0 Å². The standard InChI is InChI=1S/C19H22N2O4S/c1-12-10-15-6-4-5-7-16(15)21(12)18(23)14(3)25-17(22)8-9-20-13(2)11-26-19(20)24/h4-7,11-12,14H,8-10H2,1-3H3/t12-,14+/m1/s1. The van der Waals surface area contributed by atoms with Crippen molar-refractivity contribution in [1.29, 1.82) is 0 Å². The predicted molar refractivity (Wildman–Crippen MR) is 101 cm³/mol. The molecule has 0 N–H and O–H groups in total. The van der Waals surface area contributed by atoms with E-state index in [0.717, 1.165) is 34.7 Å². The van der Waals surface area contributed by atoms with Crippen molar-refractivity contribution in [3.8, 4) is 0 Å². The van der Waals surface area contributed by atoms with E-state index in [1.165, 1.54) is 4.57 Å². The number of carbonyl (C=O) groups is 2. The molecular weight excluding hydrogens is 352 g/mol. The Balaban J connectivity index is 1.61. The first-order valence-corrected chi connectivity index (χ1v) is 9.52. The van der Waals surface area contributed by atoms with Gasteiger partial charge < -0.3 is 14.2 Å². The minimum absolute atomic E-state index is 0.0353. The molecule has 2 heterocycles. The summed E-state index contributed by atoms with van der Waals surface area (Å²) in [6.45, 7) is 5.66. The van der Waals surface area contributed by atoms with Gasteiger partial charge in [0.15, 0.2) is 6.10 Å². The quantitative estimate of drug-likeness (QED) is 0.754. The van der Waals surface area contributed by atoms with E-state index >= 15 is 0 Å². The number of hydrogen-bond acceptors (Lipinski definition) is 5. The van der Waals surface area contributed by atoms with Crippen molar-refractivity contribution in [3.05, 3.63) is 50.6 Å². The Labute approximate surface area is 156 Å². The first kappa shape index (κ1) is 18.4. The van der Waals surface area contributed by atoms with Crippen LogP contribution in [0.25, 0.3) is 0 Å². The highest BCUT2D eigenvalue weighted by Gasteiger charge is 2.34. The number of para-hydroxylation sites is 1. The van der Waals surface area contributed by atoms with Crippen LogP contribution in [0, 0.1) is 6.92 Å². The lowest BCUT2D eigenvalue weighted by Gasteiger charge is -2.26. The van der Waals surface area contributed by atoms with E-state index in [4.69, 9.17) is 4.74 Å². The summed E-state index contributed by atoms with van der Waals surface area (Å²) in [6.07, 6.45) is -0.0131. The molecule has 1 amide bonds. The van der Waals surface area contributed by atoms with Crippen molar-refractivity contribution in [1.82, 2.24) is 4.57 Å². The monoisotopic (exact) mass is 374 g/mol. The lowest BCUT2D eigenvalue weighted by atomic mass is 10.1. The lowest BCUT2D eigenvalue weighted by molar-refractivity contribution is -0.154. The Morgan fingerprint density at radius 1 is 1.35 bits per heavy atom. The van der Waals surface area contributed by atoms with Crippen LogP contribution in [-0.2, 0) is 27.3 Å². The number of rotatable bonds is 5. The van der Waals surface area contributed by atoms with Crippen LogP contribution in [0.5, 0.6) is 0 Å². The van der Waals surface area contributed by atoms with Crippen LogP contribution in [0.4, 0.5) is 5.69 Å². The first-order valence-electron chi connectivity index (χ1n) is 8.64. The second-order valence-electron chi connectivity index (χ2n) is 6.57. The molecule has 2 aromatic rings. The molecule has 7 heteroatoms. The van der Waals surface area contributed by atoms with E-state index in [2.05, 4.69) is 0 Å². The number of carbonyl (C=O) groups excluding carboxylic acids is 2. The highest BCUT2D eigenvalue weighted by atomic mass is 32.1. The number of thiazole rings is 1. The molecule has 0 aliphatic carbocycles. The third-order valence-corrected chi connectivity index (χ3v) is 5.50. The van der Waals surface area contributed by atoms with Crippen molar-refractivity contribution < 1.29 is 14.3 Å². The number of aromatic nitrogens is 1. The van der Waals surface area contributed by atoms with Gasteiger partial charge in [0.25, 0.3) is 5.91 Å². The maximum absolute atomic E-state index is 12.8. The molecule has 1 aromatic carbocycles. The fraction of sp³-hybridized carbons (Fsp3) is 0.421. The normalized spacial score (nSPS) is 17.0. The van der Waals surface area contributed by atoms with Crippen molar-refractivity contribution in [2.45, 2.75) is 52.3 Å². The van der Waals surface area contributed by atoms with Crippen molar-refractivity contribution in [3.63, 3.8) is 0 Å². The third kappa shape index (κ3) is 3.58. The Kier molecular flexibility index (Phi) is 5.27. The van der Waals surface area contributed by atoms with Crippen LogP contribution in [0.15, 0.2) is 34.4 Å². The van der Waals surface area contributed by atoms with E-state index in [9.17, 15) is 14.4 Å². The Bertz CT molecular complexity index is 886. The van der Waals surface area contributed by atoms with Gasteiger partial charge in [0.2, 0.25) is 0 Å². The van der Waals surface area contributed by atoms with Gasteiger partial charge in [-0.15, -0.1) is 0 Å². The van der Waals surface area contributed by atoms with Gasteiger partial charge in [0, 0.05) is 29.3 Å². The SMILES string of the molecule is Cc1csc(=O)n1CCC(=O)O[C@@H](C)C(=O)N1c2ccccc2C[C@H]1C. The number of amides is 1. The van der Waals surface area contributed by atoms with Gasteiger partial charge in [-0.25, -0.2) is 0 Å². The average molecular weight is 374 g/mol. The molecule has 6 nitrogen and oxygen atoms in total. The van der Waals surface area contributed by atoms with Gasteiger partial charge in [-0.1, -0.05) is 29.5 Å². The molecule has 0 bridgehead atoms. The van der Waals surface area contributed by atoms with Crippen LogP contribution in [0.1, 0.15) is 31.5 Å². The van der Waals surface area contributed by atoms with Crippen LogP contribution in [-0.4, -0.2) is 28.6 Å². The zero-order valence-electron chi connectivity index (χ0n) is 15.1. The predicted octanol–water partition coefficient (Wildman–Crippen LogP) is 2.52. The number of anilines is 1. The van der Waals surface area contributed by atoms with Crippen molar-refractivity contribution in [2.75, 3.05) is 4.90 Å². The summed E-state index contributed by atoms with van der Waals surface area (Å²) in [5.41, 5.74) is 2.83. The maximum Gasteiger partial charge on any atom is 0.308 e. The number of benzene rings is 1. The second kappa shape index (κ2) is 7.45. The number of fused-ring (bicyclic) bond motifs is 1. The van der Waals surface area contributed by atoms with E-state index in [0.29, 0.717) is 0 Å². The van der Waals surface area contributed by atoms with Crippen LogP contribution in [0.3, 0.4) is 0 Å². The topological polar surface area (TPSA) is 68.6 Å². The Morgan fingerprint density at radius 3 is 2.77 bits per heavy atom. The van der Waals surface area contributed by atoms with E-state index in [1.54, 1.807) is 17.2 Å². The molecule has 0 unspecified atom stereocenters. The summed E-state index contributed by atoms with van der Waals surface area (Å²) in [6, 6.07) is 7.81. The van der Waals surface area contributed by atoms with E-state index in [1.807, 2.05) is 38.1 Å². The molecule has 1 aliphatic heterocycles. The molecule has 138 valence electrons. The van der Waals surface area contributed by atoms with Gasteiger partial charge in [0.05, 0.1) is 6.42 Å². The average Bonchev–Trinajstić information content (AvgIpc) is 3.10. The van der Waals surface area contributed by atoms with Crippen molar-refractivity contribution >= 4 is 28.9 Å². The number of ether oxygens (including phenoxy) is 1. The molecule has 1 aromatic heterocycles. The highest BCUT2D eigenvalue weighted by molar-refractivity contribution is 7.07. The Hall–Kier alpha value is -2.41. The van der Waals surface area contributed by atoms with E-state index < -0.39 is 12.1 Å². The second-order valence-corrected chi connectivity index (χ2v) is 7.39. The van der Waals surface area contributed by atoms with Gasteiger partial charge in [-0.05, 0) is 38.8 Å². The highest BCUT2D eigenvalue weighted by Crippen LogP contribution is 2.32. The molecule has 3 rings (SSSR count). The summed E-state index contributed by atoms with van der Waals surface area (Å²) in [5, 5.41) is 1.76. The summed E-state index contributed by atoms with van der Waals surface area (Å²) < 4.78 is 6.86. The van der Waals surface area contributed by atoms with Gasteiger partial charge in [-0.3, -0.25) is 14.4 Å². The summed E-state index contributed by atoms with van der Waals surface area (Å²) in [7, 11) is 0. The van der Waals surface area contributed by atoms with Crippen LogP contribution < -0.4 is 9.77 Å². The Morgan fingerprint density at radius 2 is 2.08 bits per heavy atom. The van der Waals surface area contributed by atoms with Crippen LogP contribution in [0.2, 0.25) is 0 Å². The van der Waals surface area contributed by atoms with Gasteiger partial charge >= 0.3 is 10.8 Å². The molecule has 0 fully saturated rings. The molecule has 0 saturated heterocycles. The fourth-order valence-corrected chi connectivity index (χ4v) is 4.04. The fourth-order valence-electron chi connectivity index (χ4n) is 3.28. The minimum Gasteiger partial charge on any atom is -0.452 e. The zero-order valence-corrected chi connectivity index (χ0v) is 15.9. The molecule has 26 heavy (non-hydrogen) atoms. The van der Waals surface area contributed by atoms with Crippen LogP contribution >= 0.6 is 11.3 Å². The number of nitrogens with zero attached hydrogens (tertiary/aromatic N) is 2. The molecule has 0 saturated carbocycles. The minimum atomic E-state index is -0.864. The molecular formula is C19H22N2O4S. The molecule has 0 spiro atoms. The van der Waals surface area contributed by atoms with Crippen molar-refractivity contribution in [2.24, 2.45) is 0 Å². The molecule has 2 atom stereocenters. The summed E-state index contributed by atoms with van der Waals surface area (Å²) >= 11 is 1.11. The number of hydrogen-bond donors (Lipinski definition) is 0. The number of aryl methyl sites for hydroxylation is 1. The maximum atomic E-state index is 12.8. The number of esters is 1. The third-order valence-electron chi connectivity index (χ3n) is 4.62. The summed E-state index contributed by atoms with van der Waals surface area (Å²) in [4.78, 5) is 38.2.